The average Bonchev–Trinajstić information content (AvgIpc) is 3.14. The first-order valence-corrected chi connectivity index (χ1v) is 10.3. The van der Waals surface area contributed by atoms with Crippen molar-refractivity contribution in [2.24, 2.45) is 0 Å². The van der Waals surface area contributed by atoms with Gasteiger partial charge in [-0.05, 0) is 63.3 Å². The number of hydrogen-bond acceptors (Lipinski definition) is 4. The Bertz CT molecular complexity index is 1070. The van der Waals surface area contributed by atoms with Crippen LogP contribution in [0.5, 0.6) is 0 Å². The number of carboxylic acids is 2. The maximum atomic E-state index is 9.55. The number of piperidine rings is 1. The fraction of sp³-hybridized carbons (Fsp3) is 0.261. The Kier molecular flexibility index (Phi) is 7.44. The molecular weight excluding hydrogens is 418 g/mol. The van der Waals surface area contributed by atoms with E-state index >= 15 is 0 Å². The van der Waals surface area contributed by atoms with Crippen LogP contribution in [-0.4, -0.2) is 57.0 Å². The van der Waals surface area contributed by atoms with Crippen molar-refractivity contribution in [1.82, 2.24) is 14.7 Å². The lowest BCUT2D eigenvalue weighted by Crippen LogP contribution is -2.29. The Morgan fingerprint density at radius 2 is 1.58 bits per heavy atom. The van der Waals surface area contributed by atoms with Gasteiger partial charge in [0.1, 0.15) is 0 Å². The van der Waals surface area contributed by atoms with Gasteiger partial charge in [-0.1, -0.05) is 29.8 Å². The van der Waals surface area contributed by atoms with E-state index in [9.17, 15) is 9.59 Å². The molecule has 0 atom stereocenters. The highest BCUT2D eigenvalue weighted by Crippen LogP contribution is 2.33. The van der Waals surface area contributed by atoms with E-state index in [1.807, 2.05) is 24.3 Å². The van der Waals surface area contributed by atoms with Crippen LogP contribution in [0.15, 0.2) is 60.7 Å². The summed E-state index contributed by atoms with van der Waals surface area (Å²) in [6.45, 7) is 2.29. The molecule has 1 aliphatic heterocycles. The lowest BCUT2D eigenvalue weighted by Gasteiger charge is -2.28. The fourth-order valence-corrected chi connectivity index (χ4v) is 3.72. The van der Waals surface area contributed by atoms with Crippen molar-refractivity contribution in [3.8, 4) is 5.69 Å². The molecule has 1 aromatic heterocycles. The van der Waals surface area contributed by atoms with Crippen molar-refractivity contribution in [3.05, 3.63) is 71.4 Å². The molecule has 4 rings (SSSR count). The number of carbonyl (C=O) groups is 2. The third-order valence-corrected chi connectivity index (χ3v) is 5.41. The van der Waals surface area contributed by atoms with Gasteiger partial charge >= 0.3 is 11.9 Å². The van der Waals surface area contributed by atoms with E-state index < -0.39 is 11.9 Å². The molecule has 31 heavy (non-hydrogen) atoms. The molecule has 2 aromatic carbocycles. The van der Waals surface area contributed by atoms with Gasteiger partial charge in [0, 0.05) is 28.5 Å². The van der Waals surface area contributed by atoms with Gasteiger partial charge in [-0.15, -0.1) is 0 Å². The van der Waals surface area contributed by atoms with Crippen molar-refractivity contribution >= 4 is 34.4 Å². The number of aromatic nitrogens is 2. The standard InChI is InChI=1S/C19H20ClN3.C4H4O4/c1-22-12-10-14(11-13-22)19-17-4-2-3-5-18(17)23(21-19)16-8-6-15(20)7-9-16;5-3(6)1-2-4(7)8/h2-9,14H,10-13H2,1H3;1-2H,(H,5,6)(H,7,8)/b;2-1+. The van der Waals surface area contributed by atoms with Gasteiger partial charge in [0.05, 0.1) is 16.9 Å². The smallest absolute Gasteiger partial charge is 0.328 e. The molecule has 0 saturated carbocycles. The molecule has 1 fully saturated rings. The van der Waals surface area contributed by atoms with Crippen LogP contribution in [-0.2, 0) is 9.59 Å². The lowest BCUT2D eigenvalue weighted by molar-refractivity contribution is -0.134. The number of benzene rings is 2. The first-order chi connectivity index (χ1) is 14.8. The minimum Gasteiger partial charge on any atom is -0.478 e. The highest BCUT2D eigenvalue weighted by Gasteiger charge is 2.24. The molecule has 0 aliphatic carbocycles. The summed E-state index contributed by atoms with van der Waals surface area (Å²) in [7, 11) is 2.20. The number of halogens is 1. The number of carboxylic acid groups (broad SMARTS) is 2. The summed E-state index contributed by atoms with van der Waals surface area (Å²) >= 11 is 6.02. The monoisotopic (exact) mass is 441 g/mol. The van der Waals surface area contributed by atoms with Crippen LogP contribution in [0.25, 0.3) is 16.6 Å². The SMILES string of the molecule is CN1CCC(c2nn(-c3ccc(Cl)cc3)c3ccccc23)CC1.O=C(O)/C=C/C(=O)O. The highest BCUT2D eigenvalue weighted by molar-refractivity contribution is 6.30. The zero-order chi connectivity index (χ0) is 22.4. The van der Waals surface area contributed by atoms with Crippen LogP contribution < -0.4 is 0 Å². The summed E-state index contributed by atoms with van der Waals surface area (Å²) in [5.41, 5.74) is 3.47. The minimum absolute atomic E-state index is 0.546. The molecule has 2 heterocycles. The minimum atomic E-state index is -1.26. The number of likely N-dealkylation sites (tertiary alicyclic amines) is 1. The molecule has 0 unspecified atom stereocenters. The molecule has 0 radical (unpaired) electrons. The van der Waals surface area contributed by atoms with Crippen LogP contribution in [0, 0.1) is 0 Å². The molecule has 0 amide bonds. The molecular formula is C23H24ClN3O4. The van der Waals surface area contributed by atoms with Crippen LogP contribution in [0.4, 0.5) is 0 Å². The highest BCUT2D eigenvalue weighted by atomic mass is 35.5. The second kappa shape index (κ2) is 10.2. The first kappa shape index (κ1) is 22.5. The number of fused-ring (bicyclic) bond motifs is 1. The molecule has 8 heteroatoms. The van der Waals surface area contributed by atoms with Crippen molar-refractivity contribution in [2.45, 2.75) is 18.8 Å². The lowest BCUT2D eigenvalue weighted by atomic mass is 9.92. The number of rotatable bonds is 4. The van der Waals surface area contributed by atoms with Crippen LogP contribution in [0.3, 0.4) is 0 Å². The largest absolute Gasteiger partial charge is 0.478 e. The Balaban J connectivity index is 0.000000293. The normalized spacial score (nSPS) is 15.0. The summed E-state index contributed by atoms with van der Waals surface area (Å²) in [5, 5.41) is 22.6. The summed E-state index contributed by atoms with van der Waals surface area (Å²) in [4.78, 5) is 21.5. The van der Waals surface area contributed by atoms with E-state index in [1.54, 1.807) is 0 Å². The van der Waals surface area contributed by atoms with Gasteiger partial charge in [0.15, 0.2) is 0 Å². The molecule has 1 aliphatic rings. The predicted octanol–water partition coefficient (Wildman–Crippen LogP) is 4.20. The van der Waals surface area contributed by atoms with Crippen LogP contribution in [0.1, 0.15) is 24.5 Å². The summed E-state index contributed by atoms with van der Waals surface area (Å²) in [6.07, 6.45) is 3.47. The number of nitrogens with zero attached hydrogens (tertiary/aromatic N) is 3. The van der Waals surface area contributed by atoms with Crippen molar-refractivity contribution in [3.63, 3.8) is 0 Å². The topological polar surface area (TPSA) is 95.7 Å². The van der Waals surface area contributed by atoms with Crippen molar-refractivity contribution in [2.75, 3.05) is 20.1 Å². The second-order valence-corrected chi connectivity index (χ2v) is 7.81. The second-order valence-electron chi connectivity index (χ2n) is 7.38. The number of hydrogen-bond donors (Lipinski definition) is 2. The molecule has 162 valence electrons. The molecule has 3 aromatic rings. The van der Waals surface area contributed by atoms with Gasteiger partial charge < -0.3 is 15.1 Å². The van der Waals surface area contributed by atoms with Gasteiger partial charge in [-0.25, -0.2) is 14.3 Å². The first-order valence-electron chi connectivity index (χ1n) is 9.91. The predicted molar refractivity (Wildman–Crippen MR) is 120 cm³/mol. The third-order valence-electron chi connectivity index (χ3n) is 5.16. The fourth-order valence-electron chi connectivity index (χ4n) is 3.60. The van der Waals surface area contributed by atoms with Crippen LogP contribution in [0.2, 0.25) is 5.02 Å². The molecule has 1 saturated heterocycles. The van der Waals surface area contributed by atoms with Gasteiger partial charge in [-0.2, -0.15) is 5.10 Å². The Morgan fingerprint density at radius 1 is 1.00 bits per heavy atom. The number of para-hydroxylation sites is 1. The summed E-state index contributed by atoms with van der Waals surface area (Å²) in [6, 6.07) is 16.4. The quantitative estimate of drug-likeness (QED) is 0.589. The average molecular weight is 442 g/mol. The van der Waals surface area contributed by atoms with E-state index in [0.29, 0.717) is 18.1 Å². The summed E-state index contributed by atoms with van der Waals surface area (Å²) < 4.78 is 2.05. The van der Waals surface area contributed by atoms with Gasteiger partial charge in [0.2, 0.25) is 0 Å². The van der Waals surface area contributed by atoms with Crippen molar-refractivity contribution in [1.29, 1.82) is 0 Å². The third kappa shape index (κ3) is 5.93. The zero-order valence-electron chi connectivity index (χ0n) is 17.1. The summed E-state index contributed by atoms with van der Waals surface area (Å²) in [5.74, 6) is -1.97. The Morgan fingerprint density at radius 3 is 2.16 bits per heavy atom. The molecule has 0 spiro atoms. The van der Waals surface area contributed by atoms with E-state index in [0.717, 1.165) is 23.8 Å². The Labute approximate surface area is 185 Å². The Hall–Kier alpha value is -3.16. The van der Waals surface area contributed by atoms with Crippen LogP contribution >= 0.6 is 11.6 Å². The maximum absolute atomic E-state index is 9.55. The number of aliphatic carboxylic acids is 2. The molecule has 7 nitrogen and oxygen atoms in total. The van der Waals surface area contributed by atoms with E-state index in [1.165, 1.54) is 29.4 Å². The van der Waals surface area contributed by atoms with E-state index in [4.69, 9.17) is 26.9 Å². The van der Waals surface area contributed by atoms with E-state index in [-0.39, 0.29) is 0 Å². The van der Waals surface area contributed by atoms with Gasteiger partial charge in [-0.3, -0.25) is 0 Å². The zero-order valence-corrected chi connectivity index (χ0v) is 17.9. The molecule has 0 bridgehead atoms. The molecule has 2 N–H and O–H groups in total. The maximum Gasteiger partial charge on any atom is 0.328 e. The van der Waals surface area contributed by atoms with Crippen molar-refractivity contribution < 1.29 is 19.8 Å². The van der Waals surface area contributed by atoms with E-state index in [2.05, 4.69) is 40.9 Å². The van der Waals surface area contributed by atoms with Gasteiger partial charge in [0.25, 0.3) is 0 Å².